The Morgan fingerprint density at radius 1 is 0.311 bits per heavy atom. The first kappa shape index (κ1) is 24.5. The molecule has 10 rings (SSSR count). The quantitative estimate of drug-likeness (QED) is 0.152. The molecule has 0 aliphatic carbocycles. The van der Waals surface area contributed by atoms with E-state index in [-0.39, 0.29) is 0 Å². The van der Waals surface area contributed by atoms with Crippen molar-refractivity contribution in [3.63, 3.8) is 0 Å². The van der Waals surface area contributed by atoms with Crippen LogP contribution in [0, 0.1) is 0 Å². The van der Waals surface area contributed by atoms with E-state index in [1.807, 2.05) is 0 Å². The molecule has 0 N–H and O–H groups in total. The lowest BCUT2D eigenvalue weighted by molar-refractivity contribution is 0.670. The molecule has 1 aromatic heterocycles. The van der Waals surface area contributed by atoms with Crippen LogP contribution in [0.2, 0.25) is 0 Å². The summed E-state index contributed by atoms with van der Waals surface area (Å²) in [5.41, 5.74) is 9.36. The minimum atomic E-state index is 0.943. The van der Waals surface area contributed by atoms with Crippen molar-refractivity contribution in [2.45, 2.75) is 0 Å². The van der Waals surface area contributed by atoms with Gasteiger partial charge in [0.15, 0.2) is 0 Å². The Morgan fingerprint density at radius 2 is 0.867 bits per heavy atom. The van der Waals surface area contributed by atoms with Gasteiger partial charge in [0.05, 0.1) is 0 Å². The molecule has 9 aromatic carbocycles. The lowest BCUT2D eigenvalue weighted by Crippen LogP contribution is -1.92. The number of fused-ring (bicyclic) bond motifs is 4. The lowest BCUT2D eigenvalue weighted by Gasteiger charge is -2.20. The van der Waals surface area contributed by atoms with Crippen molar-refractivity contribution in [2.24, 2.45) is 0 Å². The number of rotatable bonds is 3. The van der Waals surface area contributed by atoms with Crippen molar-refractivity contribution in [2.75, 3.05) is 0 Å². The minimum absolute atomic E-state index is 0.943. The summed E-state index contributed by atoms with van der Waals surface area (Å²) in [6.07, 6.45) is 0. The molecule has 0 unspecified atom stereocenters. The molecule has 45 heavy (non-hydrogen) atoms. The maximum absolute atomic E-state index is 6.51. The second-order valence-corrected chi connectivity index (χ2v) is 12.0. The van der Waals surface area contributed by atoms with E-state index in [1.165, 1.54) is 87.2 Å². The standard InChI is InChI=1S/C44H26O/c1-2-11-27(12-3-1)28-21-23-29(24-22-28)40-33-16-6-8-18-35(33)42(36-19-9-7-17-34(36)40)37-25-31-14-10-20-38-41(31)44-39(45-38)26-30-13-4-5-15-32(30)43(37)44/h1-26H. The van der Waals surface area contributed by atoms with Crippen molar-refractivity contribution in [3.8, 4) is 33.4 Å². The predicted molar refractivity (Wildman–Crippen MR) is 191 cm³/mol. The number of furan rings is 1. The highest BCUT2D eigenvalue weighted by Gasteiger charge is 2.23. The van der Waals surface area contributed by atoms with Crippen molar-refractivity contribution >= 4 is 65.0 Å². The lowest BCUT2D eigenvalue weighted by atomic mass is 9.83. The summed E-state index contributed by atoms with van der Waals surface area (Å²) in [6.45, 7) is 0. The van der Waals surface area contributed by atoms with E-state index in [4.69, 9.17) is 4.42 Å². The number of hydrogen-bond acceptors (Lipinski definition) is 1. The molecule has 0 amide bonds. The summed E-state index contributed by atoms with van der Waals surface area (Å²) >= 11 is 0. The molecule has 0 spiro atoms. The molecule has 0 saturated carbocycles. The Hall–Kier alpha value is -5.92. The fourth-order valence-electron chi connectivity index (χ4n) is 7.68. The summed E-state index contributed by atoms with van der Waals surface area (Å²) in [5.74, 6) is 0. The average molecular weight is 571 g/mol. The molecule has 0 bridgehead atoms. The van der Waals surface area contributed by atoms with Crippen LogP contribution in [0.15, 0.2) is 162 Å². The van der Waals surface area contributed by atoms with Gasteiger partial charge in [0, 0.05) is 16.2 Å². The van der Waals surface area contributed by atoms with E-state index in [0.29, 0.717) is 0 Å². The van der Waals surface area contributed by atoms with Crippen LogP contribution in [0.3, 0.4) is 0 Å². The van der Waals surface area contributed by atoms with Crippen LogP contribution in [-0.4, -0.2) is 0 Å². The van der Waals surface area contributed by atoms with E-state index in [9.17, 15) is 0 Å². The Morgan fingerprint density at radius 3 is 1.58 bits per heavy atom. The van der Waals surface area contributed by atoms with Gasteiger partial charge in [-0.05, 0) is 89.3 Å². The van der Waals surface area contributed by atoms with Crippen molar-refractivity contribution in [1.29, 1.82) is 0 Å². The highest BCUT2D eigenvalue weighted by atomic mass is 16.3. The summed E-state index contributed by atoms with van der Waals surface area (Å²) in [7, 11) is 0. The Bertz CT molecular complexity index is 2670. The third-order valence-electron chi connectivity index (χ3n) is 9.59. The smallest absolute Gasteiger partial charge is 0.136 e. The molecule has 1 heteroatoms. The first-order chi connectivity index (χ1) is 22.3. The fourth-order valence-corrected chi connectivity index (χ4v) is 7.68. The maximum Gasteiger partial charge on any atom is 0.136 e. The molecular formula is C44H26O. The highest BCUT2D eigenvalue weighted by molar-refractivity contribution is 6.34. The second kappa shape index (κ2) is 9.29. The van der Waals surface area contributed by atoms with Crippen LogP contribution in [0.1, 0.15) is 0 Å². The van der Waals surface area contributed by atoms with Crippen LogP contribution >= 0.6 is 0 Å². The topological polar surface area (TPSA) is 13.1 Å². The van der Waals surface area contributed by atoms with E-state index >= 15 is 0 Å². The van der Waals surface area contributed by atoms with E-state index in [1.54, 1.807) is 0 Å². The van der Waals surface area contributed by atoms with Crippen molar-refractivity contribution < 1.29 is 4.42 Å². The van der Waals surface area contributed by atoms with Crippen LogP contribution in [-0.2, 0) is 0 Å². The zero-order valence-corrected chi connectivity index (χ0v) is 24.4. The van der Waals surface area contributed by atoms with Gasteiger partial charge < -0.3 is 4.42 Å². The summed E-state index contributed by atoms with van der Waals surface area (Å²) in [5, 5.41) is 12.4. The Labute approximate surface area is 259 Å². The molecule has 1 heterocycles. The van der Waals surface area contributed by atoms with Gasteiger partial charge in [-0.15, -0.1) is 0 Å². The van der Waals surface area contributed by atoms with Crippen molar-refractivity contribution in [1.82, 2.24) is 0 Å². The fraction of sp³-hybridized carbons (Fsp3) is 0. The average Bonchev–Trinajstić information content (AvgIpc) is 3.48. The monoisotopic (exact) mass is 570 g/mol. The Balaban J connectivity index is 1.35. The molecular weight excluding hydrogens is 544 g/mol. The zero-order chi connectivity index (χ0) is 29.5. The number of benzene rings is 9. The molecule has 0 aliphatic heterocycles. The van der Waals surface area contributed by atoms with Gasteiger partial charge in [-0.3, -0.25) is 0 Å². The summed E-state index contributed by atoms with van der Waals surface area (Å²) in [6, 6.07) is 57.3. The molecule has 0 saturated heterocycles. The molecule has 0 aliphatic rings. The van der Waals surface area contributed by atoms with Crippen LogP contribution in [0.5, 0.6) is 0 Å². The van der Waals surface area contributed by atoms with E-state index < -0.39 is 0 Å². The third-order valence-corrected chi connectivity index (χ3v) is 9.59. The second-order valence-electron chi connectivity index (χ2n) is 12.0. The number of hydrogen-bond donors (Lipinski definition) is 0. The molecule has 0 atom stereocenters. The van der Waals surface area contributed by atoms with Gasteiger partial charge in [-0.1, -0.05) is 140 Å². The molecule has 0 radical (unpaired) electrons. The largest absolute Gasteiger partial charge is 0.456 e. The summed E-state index contributed by atoms with van der Waals surface area (Å²) in [4.78, 5) is 0. The van der Waals surface area contributed by atoms with Crippen LogP contribution in [0.25, 0.3) is 98.4 Å². The summed E-state index contributed by atoms with van der Waals surface area (Å²) < 4.78 is 6.51. The van der Waals surface area contributed by atoms with Gasteiger partial charge in [0.25, 0.3) is 0 Å². The zero-order valence-electron chi connectivity index (χ0n) is 24.4. The highest BCUT2D eigenvalue weighted by Crippen LogP contribution is 2.50. The maximum atomic E-state index is 6.51. The van der Waals surface area contributed by atoms with Crippen LogP contribution < -0.4 is 0 Å². The molecule has 1 nitrogen and oxygen atoms in total. The molecule has 10 aromatic rings. The predicted octanol–water partition coefficient (Wildman–Crippen LogP) is 12.6. The molecule has 208 valence electrons. The van der Waals surface area contributed by atoms with Gasteiger partial charge in [0.2, 0.25) is 0 Å². The first-order valence-corrected chi connectivity index (χ1v) is 15.5. The van der Waals surface area contributed by atoms with Gasteiger partial charge in [0.1, 0.15) is 11.2 Å². The third kappa shape index (κ3) is 3.50. The minimum Gasteiger partial charge on any atom is -0.456 e. The first-order valence-electron chi connectivity index (χ1n) is 15.5. The van der Waals surface area contributed by atoms with Crippen molar-refractivity contribution in [3.05, 3.63) is 158 Å². The van der Waals surface area contributed by atoms with E-state index in [2.05, 4.69) is 158 Å². The van der Waals surface area contributed by atoms with Gasteiger partial charge >= 0.3 is 0 Å². The SMILES string of the molecule is c1ccc(-c2ccc(-c3c4ccccc4c(-c4cc5cccc6oc7cc8ccccc8c4c7c56)c4ccccc34)cc2)cc1. The molecule has 0 fully saturated rings. The van der Waals surface area contributed by atoms with Gasteiger partial charge in [-0.2, -0.15) is 0 Å². The van der Waals surface area contributed by atoms with Crippen LogP contribution in [0.4, 0.5) is 0 Å². The normalized spacial score (nSPS) is 12.0. The Kier molecular flexibility index (Phi) is 5.06. The van der Waals surface area contributed by atoms with E-state index in [0.717, 1.165) is 11.2 Å². The van der Waals surface area contributed by atoms with Gasteiger partial charge in [-0.25, -0.2) is 0 Å².